The SMILES string of the molecule is CN(C)c1ccc(N=Nc2ccc([SH](=O)=O)cc2)cc1. The van der Waals surface area contributed by atoms with Gasteiger partial charge in [0.2, 0.25) is 0 Å². The highest BCUT2D eigenvalue weighted by atomic mass is 32.2. The summed E-state index contributed by atoms with van der Waals surface area (Å²) < 4.78 is 21.5. The Labute approximate surface area is 119 Å². The Kier molecular flexibility index (Phi) is 4.47. The Morgan fingerprint density at radius 1 is 0.800 bits per heavy atom. The minimum Gasteiger partial charge on any atom is -0.378 e. The summed E-state index contributed by atoms with van der Waals surface area (Å²) in [5.74, 6) is 0. The molecule has 0 heterocycles. The molecule has 0 saturated carbocycles. The molecule has 0 bridgehead atoms. The van der Waals surface area contributed by atoms with Crippen LogP contribution < -0.4 is 4.90 Å². The molecule has 0 amide bonds. The molecule has 0 aliphatic carbocycles. The lowest BCUT2D eigenvalue weighted by atomic mass is 10.3. The lowest BCUT2D eigenvalue weighted by Crippen LogP contribution is -2.07. The first-order valence-corrected chi connectivity index (χ1v) is 7.17. The normalized spacial score (nSPS) is 11.2. The summed E-state index contributed by atoms with van der Waals surface area (Å²) in [7, 11) is 1.39. The predicted octanol–water partition coefficient (Wildman–Crippen LogP) is 3.14. The molecule has 0 spiro atoms. The fourth-order valence-corrected chi connectivity index (χ4v) is 1.97. The van der Waals surface area contributed by atoms with Crippen molar-refractivity contribution < 1.29 is 8.42 Å². The first-order chi connectivity index (χ1) is 9.56. The van der Waals surface area contributed by atoms with Crippen LogP contribution in [0.25, 0.3) is 0 Å². The summed E-state index contributed by atoms with van der Waals surface area (Å²) in [5, 5.41) is 8.17. The summed E-state index contributed by atoms with van der Waals surface area (Å²) >= 11 is 0. The smallest absolute Gasteiger partial charge is 0.168 e. The van der Waals surface area contributed by atoms with Crippen molar-refractivity contribution in [2.24, 2.45) is 10.2 Å². The van der Waals surface area contributed by atoms with E-state index in [1.807, 2.05) is 43.3 Å². The van der Waals surface area contributed by atoms with Gasteiger partial charge < -0.3 is 4.90 Å². The van der Waals surface area contributed by atoms with Crippen LogP contribution >= 0.6 is 0 Å². The predicted molar refractivity (Wildman–Crippen MR) is 80.0 cm³/mol. The van der Waals surface area contributed by atoms with Crippen LogP contribution in [0.4, 0.5) is 17.1 Å². The van der Waals surface area contributed by atoms with E-state index in [1.165, 1.54) is 12.1 Å². The van der Waals surface area contributed by atoms with Crippen LogP contribution in [0.5, 0.6) is 0 Å². The van der Waals surface area contributed by atoms with Gasteiger partial charge in [-0.15, -0.1) is 0 Å². The third-order valence-corrected chi connectivity index (χ3v) is 3.43. The third-order valence-electron chi connectivity index (χ3n) is 2.71. The second kappa shape index (κ2) is 6.29. The monoisotopic (exact) mass is 289 g/mol. The van der Waals surface area contributed by atoms with Crippen LogP contribution in [0.3, 0.4) is 0 Å². The van der Waals surface area contributed by atoms with Gasteiger partial charge >= 0.3 is 0 Å². The van der Waals surface area contributed by atoms with Crippen molar-refractivity contribution in [2.75, 3.05) is 19.0 Å². The zero-order valence-corrected chi connectivity index (χ0v) is 12.1. The highest BCUT2D eigenvalue weighted by Gasteiger charge is 1.96. The van der Waals surface area contributed by atoms with Crippen LogP contribution in [0.1, 0.15) is 0 Å². The van der Waals surface area contributed by atoms with Gasteiger partial charge in [-0.25, -0.2) is 8.42 Å². The number of nitrogens with zero attached hydrogens (tertiary/aromatic N) is 3. The van der Waals surface area contributed by atoms with Crippen LogP contribution in [0.15, 0.2) is 63.7 Å². The van der Waals surface area contributed by atoms with Gasteiger partial charge in [0.15, 0.2) is 10.7 Å². The van der Waals surface area contributed by atoms with Crippen LogP contribution in [0.2, 0.25) is 0 Å². The summed E-state index contributed by atoms with van der Waals surface area (Å²) in [6, 6.07) is 13.9. The number of benzene rings is 2. The average molecular weight is 289 g/mol. The number of anilines is 1. The van der Waals surface area contributed by atoms with E-state index < -0.39 is 10.7 Å². The lowest BCUT2D eigenvalue weighted by molar-refractivity contribution is 0.614. The minimum absolute atomic E-state index is 0.272. The van der Waals surface area contributed by atoms with Gasteiger partial charge in [0, 0.05) is 19.8 Å². The molecule has 5 nitrogen and oxygen atoms in total. The molecule has 0 aliphatic rings. The van der Waals surface area contributed by atoms with Gasteiger partial charge in [0.25, 0.3) is 0 Å². The molecule has 2 aromatic carbocycles. The van der Waals surface area contributed by atoms with Crippen molar-refractivity contribution in [1.29, 1.82) is 0 Å². The molecule has 0 N–H and O–H groups in total. The van der Waals surface area contributed by atoms with Gasteiger partial charge in [-0.05, 0) is 48.5 Å². The first-order valence-electron chi connectivity index (χ1n) is 6.00. The molecule has 20 heavy (non-hydrogen) atoms. The van der Waals surface area contributed by atoms with Crippen molar-refractivity contribution in [2.45, 2.75) is 4.90 Å². The summed E-state index contributed by atoms with van der Waals surface area (Å²) in [4.78, 5) is 2.28. The van der Waals surface area contributed by atoms with Gasteiger partial charge in [0.1, 0.15) is 0 Å². The summed E-state index contributed by atoms with van der Waals surface area (Å²) in [5.41, 5.74) is 2.45. The molecule has 0 unspecified atom stereocenters. The maximum atomic E-state index is 10.8. The molecular weight excluding hydrogens is 274 g/mol. The molecule has 104 valence electrons. The third kappa shape index (κ3) is 3.64. The van der Waals surface area contributed by atoms with E-state index in [4.69, 9.17) is 0 Å². The van der Waals surface area contributed by atoms with E-state index in [-0.39, 0.29) is 4.90 Å². The van der Waals surface area contributed by atoms with Gasteiger partial charge in [-0.3, -0.25) is 0 Å². The minimum atomic E-state index is -2.55. The molecule has 6 heteroatoms. The molecule has 0 fully saturated rings. The maximum absolute atomic E-state index is 10.8. The Morgan fingerprint density at radius 2 is 1.25 bits per heavy atom. The molecule has 0 radical (unpaired) electrons. The Bertz CT molecular complexity index is 667. The van der Waals surface area contributed by atoms with Crippen LogP contribution in [0, 0.1) is 0 Å². The Hall–Kier alpha value is -2.21. The van der Waals surface area contributed by atoms with Crippen molar-refractivity contribution >= 4 is 27.8 Å². The molecule has 0 aromatic heterocycles. The van der Waals surface area contributed by atoms with Gasteiger partial charge in [0.05, 0.1) is 16.3 Å². The van der Waals surface area contributed by atoms with E-state index in [0.717, 1.165) is 11.4 Å². The van der Waals surface area contributed by atoms with E-state index in [2.05, 4.69) is 10.2 Å². The zero-order valence-electron chi connectivity index (χ0n) is 11.2. The highest BCUT2D eigenvalue weighted by Crippen LogP contribution is 2.21. The van der Waals surface area contributed by atoms with E-state index in [0.29, 0.717) is 5.69 Å². The number of hydrogen-bond donors (Lipinski definition) is 1. The maximum Gasteiger partial charge on any atom is 0.168 e. The second-order valence-electron chi connectivity index (χ2n) is 4.38. The van der Waals surface area contributed by atoms with E-state index in [1.54, 1.807) is 12.1 Å². The number of hydrogen-bond acceptors (Lipinski definition) is 5. The lowest BCUT2D eigenvalue weighted by Gasteiger charge is -2.11. The Balaban J connectivity index is 2.12. The topological polar surface area (TPSA) is 62.1 Å². The number of azo groups is 1. The molecule has 0 aliphatic heterocycles. The second-order valence-corrected chi connectivity index (χ2v) is 5.41. The Morgan fingerprint density at radius 3 is 1.65 bits per heavy atom. The van der Waals surface area contributed by atoms with E-state index >= 15 is 0 Å². The quantitative estimate of drug-likeness (QED) is 0.694. The molecule has 2 rings (SSSR count). The largest absolute Gasteiger partial charge is 0.378 e. The van der Waals surface area contributed by atoms with Crippen LogP contribution in [-0.2, 0) is 10.7 Å². The number of rotatable bonds is 4. The first kappa shape index (κ1) is 14.2. The van der Waals surface area contributed by atoms with Gasteiger partial charge in [-0.1, -0.05) is 0 Å². The average Bonchev–Trinajstić information content (AvgIpc) is 2.46. The van der Waals surface area contributed by atoms with Crippen molar-refractivity contribution in [3.63, 3.8) is 0 Å². The molecule has 0 saturated heterocycles. The molecule has 0 atom stereocenters. The summed E-state index contributed by atoms with van der Waals surface area (Å²) in [6.07, 6.45) is 0. The number of thiol groups is 1. The zero-order chi connectivity index (χ0) is 14.5. The molecule has 2 aromatic rings. The van der Waals surface area contributed by atoms with E-state index in [9.17, 15) is 8.42 Å². The highest BCUT2D eigenvalue weighted by molar-refractivity contribution is 7.72. The fourth-order valence-electron chi connectivity index (χ4n) is 1.57. The van der Waals surface area contributed by atoms with Gasteiger partial charge in [-0.2, -0.15) is 10.2 Å². The summed E-state index contributed by atoms with van der Waals surface area (Å²) in [6.45, 7) is 0. The standard InChI is InChI=1S/C14H15N3O2S/c1-17(2)13-7-3-11(4-8-13)15-16-12-5-9-14(10-6-12)20(18)19/h3-10,20H,1-2H3. The fraction of sp³-hybridized carbons (Fsp3) is 0.143. The molecular formula is C14H15N3O2S. The van der Waals surface area contributed by atoms with Crippen molar-refractivity contribution in [1.82, 2.24) is 0 Å². The van der Waals surface area contributed by atoms with Crippen molar-refractivity contribution in [3.05, 3.63) is 48.5 Å². The van der Waals surface area contributed by atoms with Crippen molar-refractivity contribution in [3.8, 4) is 0 Å². The van der Waals surface area contributed by atoms with Crippen LogP contribution in [-0.4, -0.2) is 22.5 Å².